The number of nitrogens with zero attached hydrogens (tertiary/aromatic N) is 2. The molecule has 0 spiro atoms. The summed E-state index contributed by atoms with van der Waals surface area (Å²) in [6, 6.07) is 19.6. The first kappa shape index (κ1) is 29.3. The van der Waals surface area contributed by atoms with Gasteiger partial charge < -0.3 is 14.4 Å². The largest absolute Gasteiger partial charge is 0.488 e. The lowest BCUT2D eigenvalue weighted by molar-refractivity contribution is -0.143. The molecule has 0 fully saturated rings. The Morgan fingerprint density at radius 2 is 1.80 bits per heavy atom. The zero-order chi connectivity index (χ0) is 29.1. The van der Waals surface area contributed by atoms with Crippen LogP contribution in [0.4, 0.5) is 0 Å². The van der Waals surface area contributed by atoms with Gasteiger partial charge in [0.2, 0.25) is 10.0 Å². The molecule has 0 aromatic heterocycles. The van der Waals surface area contributed by atoms with Crippen molar-refractivity contribution in [3.05, 3.63) is 94.0 Å². The van der Waals surface area contributed by atoms with Crippen molar-refractivity contribution in [1.82, 2.24) is 9.21 Å². The molecule has 2 heterocycles. The van der Waals surface area contributed by atoms with E-state index in [1.165, 1.54) is 15.4 Å². The maximum absolute atomic E-state index is 13.8. The molecule has 3 aromatic carbocycles. The Kier molecular flexibility index (Phi) is 8.82. The zero-order valence-corrected chi connectivity index (χ0v) is 25.2. The van der Waals surface area contributed by atoms with E-state index in [1.807, 2.05) is 26.8 Å². The van der Waals surface area contributed by atoms with Crippen LogP contribution in [0.5, 0.6) is 5.75 Å². The number of para-hydroxylation sites is 1. The standard InChI is InChI=1S/C33H40N2O5S/c1-5-29-22-35(41(37,38)32-10-8-7-9-31(32)40-29)21-27-17-25(12-11-23(27)3)30(19-33(36)39-6-2)26-14-13-24-15-16-34(4)20-28(24)18-26/h7-14,17-18,29-30H,5-6,15-16,19-22H2,1-4H3/t29-,30?/m1/s1. The fraction of sp³-hybridized carbons (Fsp3) is 0.424. The van der Waals surface area contributed by atoms with Crippen molar-refractivity contribution in [2.24, 2.45) is 0 Å². The van der Waals surface area contributed by atoms with Gasteiger partial charge in [-0.1, -0.05) is 55.5 Å². The first-order valence-electron chi connectivity index (χ1n) is 14.5. The summed E-state index contributed by atoms with van der Waals surface area (Å²) in [4.78, 5) is 15.3. The molecule has 0 aliphatic carbocycles. The van der Waals surface area contributed by atoms with Gasteiger partial charge in [-0.05, 0) is 79.3 Å². The number of carbonyl (C=O) groups is 1. The summed E-state index contributed by atoms with van der Waals surface area (Å²) in [6.07, 6.45) is 1.67. The van der Waals surface area contributed by atoms with E-state index in [0.717, 1.165) is 41.8 Å². The highest BCUT2D eigenvalue weighted by molar-refractivity contribution is 7.89. The number of likely N-dealkylation sites (N-methyl/N-ethyl adjacent to an activating group) is 1. The van der Waals surface area contributed by atoms with Crippen LogP contribution < -0.4 is 4.74 Å². The maximum Gasteiger partial charge on any atom is 0.306 e. The summed E-state index contributed by atoms with van der Waals surface area (Å²) in [6.45, 7) is 8.55. The number of ether oxygens (including phenoxy) is 2. The van der Waals surface area contributed by atoms with E-state index in [-0.39, 0.29) is 42.4 Å². The molecular weight excluding hydrogens is 536 g/mol. The van der Waals surface area contributed by atoms with Gasteiger partial charge in [-0.3, -0.25) is 4.79 Å². The molecule has 2 aliphatic rings. The van der Waals surface area contributed by atoms with Crippen molar-refractivity contribution >= 4 is 16.0 Å². The van der Waals surface area contributed by atoms with Crippen LogP contribution in [0, 0.1) is 6.92 Å². The second-order valence-electron chi connectivity index (χ2n) is 11.2. The van der Waals surface area contributed by atoms with E-state index in [2.05, 4.69) is 42.3 Å². The Morgan fingerprint density at radius 1 is 1.05 bits per heavy atom. The number of benzene rings is 3. The molecule has 3 aromatic rings. The Labute approximate surface area is 244 Å². The fourth-order valence-corrected chi connectivity index (χ4v) is 7.39. The summed E-state index contributed by atoms with van der Waals surface area (Å²) >= 11 is 0. The van der Waals surface area contributed by atoms with Crippen molar-refractivity contribution in [1.29, 1.82) is 0 Å². The minimum Gasteiger partial charge on any atom is -0.488 e. The molecule has 0 N–H and O–H groups in total. The number of hydrogen-bond donors (Lipinski definition) is 0. The molecule has 41 heavy (non-hydrogen) atoms. The van der Waals surface area contributed by atoms with Gasteiger partial charge in [0.1, 0.15) is 16.7 Å². The minimum atomic E-state index is -3.77. The summed E-state index contributed by atoms with van der Waals surface area (Å²) in [5.74, 6) is -0.0527. The van der Waals surface area contributed by atoms with E-state index in [4.69, 9.17) is 9.47 Å². The Hall–Kier alpha value is -3.20. The highest BCUT2D eigenvalue weighted by atomic mass is 32.2. The van der Waals surface area contributed by atoms with Crippen molar-refractivity contribution < 1.29 is 22.7 Å². The number of hydrogen-bond acceptors (Lipinski definition) is 6. The predicted octanol–water partition coefficient (Wildman–Crippen LogP) is 5.43. The van der Waals surface area contributed by atoms with E-state index in [0.29, 0.717) is 18.8 Å². The van der Waals surface area contributed by atoms with Crippen molar-refractivity contribution in [2.75, 3.05) is 26.7 Å². The molecule has 7 nitrogen and oxygen atoms in total. The smallest absolute Gasteiger partial charge is 0.306 e. The second-order valence-corrected chi connectivity index (χ2v) is 13.1. The van der Waals surface area contributed by atoms with Gasteiger partial charge in [0.25, 0.3) is 0 Å². The van der Waals surface area contributed by atoms with Crippen molar-refractivity contribution in [3.8, 4) is 5.75 Å². The summed E-state index contributed by atoms with van der Waals surface area (Å²) < 4.78 is 40.6. The van der Waals surface area contributed by atoms with E-state index in [1.54, 1.807) is 24.3 Å². The summed E-state index contributed by atoms with van der Waals surface area (Å²) in [5, 5.41) is 0. The number of fused-ring (bicyclic) bond motifs is 2. The average Bonchev–Trinajstić information content (AvgIpc) is 3.06. The number of esters is 1. The third-order valence-electron chi connectivity index (χ3n) is 8.26. The van der Waals surface area contributed by atoms with Crippen LogP contribution in [0.3, 0.4) is 0 Å². The summed E-state index contributed by atoms with van der Waals surface area (Å²) in [7, 11) is -1.65. The highest BCUT2D eigenvalue weighted by Crippen LogP contribution is 2.35. The Bertz CT molecular complexity index is 1520. The average molecular weight is 577 g/mol. The van der Waals surface area contributed by atoms with Crippen LogP contribution in [0.15, 0.2) is 65.6 Å². The Morgan fingerprint density at radius 3 is 2.59 bits per heavy atom. The van der Waals surface area contributed by atoms with Gasteiger partial charge in [-0.15, -0.1) is 0 Å². The SMILES string of the molecule is CCOC(=O)CC(c1ccc(C)c(CN2C[C@@H](CC)Oc3ccccc3S2(=O)=O)c1)c1ccc2c(c1)CN(C)CC2. The molecule has 1 unspecified atom stereocenters. The second kappa shape index (κ2) is 12.3. The first-order chi connectivity index (χ1) is 19.7. The van der Waals surface area contributed by atoms with E-state index in [9.17, 15) is 13.2 Å². The van der Waals surface area contributed by atoms with Crippen molar-refractivity contribution in [2.45, 2.75) is 70.0 Å². The van der Waals surface area contributed by atoms with Crippen LogP contribution in [0.25, 0.3) is 0 Å². The number of carbonyl (C=O) groups excluding carboxylic acids is 1. The molecule has 0 bridgehead atoms. The minimum absolute atomic E-state index is 0.198. The molecule has 2 atom stereocenters. The van der Waals surface area contributed by atoms with E-state index < -0.39 is 10.0 Å². The number of rotatable bonds is 8. The third kappa shape index (κ3) is 6.35. The topological polar surface area (TPSA) is 76.1 Å². The monoisotopic (exact) mass is 576 g/mol. The third-order valence-corrected chi connectivity index (χ3v) is 10.1. The molecule has 0 amide bonds. The lowest BCUT2D eigenvalue weighted by atomic mass is 9.84. The molecule has 218 valence electrons. The van der Waals surface area contributed by atoms with Crippen LogP contribution >= 0.6 is 0 Å². The molecule has 2 aliphatic heterocycles. The van der Waals surface area contributed by atoms with Gasteiger partial charge in [0, 0.05) is 25.6 Å². The van der Waals surface area contributed by atoms with Gasteiger partial charge >= 0.3 is 5.97 Å². The number of sulfonamides is 1. The van der Waals surface area contributed by atoms with Crippen LogP contribution in [-0.4, -0.2) is 56.4 Å². The molecule has 8 heteroatoms. The Balaban J connectivity index is 1.52. The normalized spacial score (nSPS) is 19.4. The lowest BCUT2D eigenvalue weighted by Crippen LogP contribution is -2.36. The molecule has 5 rings (SSSR count). The van der Waals surface area contributed by atoms with Crippen LogP contribution in [0.1, 0.15) is 66.0 Å². The van der Waals surface area contributed by atoms with Crippen LogP contribution in [-0.2, 0) is 39.1 Å². The first-order valence-corrected chi connectivity index (χ1v) is 15.9. The quantitative estimate of drug-likeness (QED) is 0.333. The van der Waals surface area contributed by atoms with E-state index >= 15 is 0 Å². The molecule has 0 saturated heterocycles. The fourth-order valence-electron chi connectivity index (χ4n) is 5.82. The van der Waals surface area contributed by atoms with Crippen LogP contribution in [0.2, 0.25) is 0 Å². The molecular formula is C33H40N2O5S. The van der Waals surface area contributed by atoms with Gasteiger partial charge in [0.05, 0.1) is 19.6 Å². The van der Waals surface area contributed by atoms with Crippen molar-refractivity contribution in [3.63, 3.8) is 0 Å². The lowest BCUT2D eigenvalue weighted by Gasteiger charge is -2.27. The zero-order valence-electron chi connectivity index (χ0n) is 24.4. The van der Waals surface area contributed by atoms with Gasteiger partial charge in [-0.2, -0.15) is 4.31 Å². The van der Waals surface area contributed by atoms with Gasteiger partial charge in [0.15, 0.2) is 0 Å². The maximum atomic E-state index is 13.8. The summed E-state index contributed by atoms with van der Waals surface area (Å²) in [5.41, 5.74) is 6.59. The molecule has 0 radical (unpaired) electrons. The van der Waals surface area contributed by atoms with Gasteiger partial charge in [-0.25, -0.2) is 8.42 Å². The number of aryl methyl sites for hydroxylation is 1. The highest BCUT2D eigenvalue weighted by Gasteiger charge is 2.34. The molecule has 0 saturated carbocycles. The predicted molar refractivity (Wildman–Crippen MR) is 159 cm³/mol.